The van der Waals surface area contributed by atoms with E-state index in [1.807, 2.05) is 24.3 Å². The minimum Gasteiger partial charge on any atom is -0.310 e. The van der Waals surface area contributed by atoms with Crippen LogP contribution in [0.15, 0.2) is 36.9 Å². The molecule has 0 radical (unpaired) electrons. The molecule has 0 amide bonds. The number of rotatable bonds is 8. The van der Waals surface area contributed by atoms with Crippen LogP contribution in [0.25, 0.3) is 0 Å². The van der Waals surface area contributed by atoms with Gasteiger partial charge >= 0.3 is 0 Å². The van der Waals surface area contributed by atoms with Crippen molar-refractivity contribution < 1.29 is 8.42 Å². The molecule has 0 bridgehead atoms. The van der Waals surface area contributed by atoms with Crippen LogP contribution in [-0.2, 0) is 22.3 Å². The Balaban J connectivity index is 1.93. The zero-order valence-corrected chi connectivity index (χ0v) is 12.7. The van der Waals surface area contributed by atoms with E-state index in [2.05, 4.69) is 11.9 Å². The monoisotopic (exact) mass is 294 g/mol. The molecule has 0 spiro atoms. The van der Waals surface area contributed by atoms with Crippen LogP contribution in [0.2, 0.25) is 0 Å². The molecule has 1 N–H and O–H groups in total. The Kier molecular flexibility index (Phi) is 4.96. The molecule has 5 heteroatoms. The van der Waals surface area contributed by atoms with Crippen LogP contribution < -0.4 is 5.32 Å². The minimum absolute atomic E-state index is 0.0354. The van der Waals surface area contributed by atoms with Gasteiger partial charge in [-0.25, -0.2) is 12.7 Å². The topological polar surface area (TPSA) is 49.4 Å². The summed E-state index contributed by atoms with van der Waals surface area (Å²) in [6.45, 7) is 4.75. The van der Waals surface area contributed by atoms with Crippen molar-refractivity contribution in [2.45, 2.75) is 31.2 Å². The predicted molar refractivity (Wildman–Crippen MR) is 81.8 cm³/mol. The number of likely N-dealkylation sites (N-methyl/N-ethyl adjacent to an activating group) is 1. The Hall–Kier alpha value is -1.17. The lowest BCUT2D eigenvalue weighted by molar-refractivity contribution is 0.498. The summed E-state index contributed by atoms with van der Waals surface area (Å²) in [6.07, 6.45) is 4.13. The Bertz CT molecular complexity index is 548. The molecule has 1 aliphatic carbocycles. The second-order valence-electron chi connectivity index (χ2n) is 5.30. The van der Waals surface area contributed by atoms with Gasteiger partial charge in [-0.15, -0.1) is 6.58 Å². The van der Waals surface area contributed by atoms with Crippen LogP contribution in [-0.4, -0.2) is 32.4 Å². The lowest BCUT2D eigenvalue weighted by Crippen LogP contribution is -2.28. The van der Waals surface area contributed by atoms with Gasteiger partial charge in [-0.2, -0.15) is 0 Å². The molecule has 1 aromatic rings. The fourth-order valence-electron chi connectivity index (χ4n) is 1.92. The van der Waals surface area contributed by atoms with Crippen LogP contribution in [0.4, 0.5) is 0 Å². The highest BCUT2D eigenvalue weighted by molar-refractivity contribution is 7.88. The van der Waals surface area contributed by atoms with Crippen molar-refractivity contribution in [1.82, 2.24) is 9.62 Å². The summed E-state index contributed by atoms with van der Waals surface area (Å²) in [6, 6.07) is 8.45. The molecule has 4 nitrogen and oxygen atoms in total. The largest absolute Gasteiger partial charge is 0.310 e. The Morgan fingerprint density at radius 1 is 1.30 bits per heavy atom. The first-order valence-corrected chi connectivity index (χ1v) is 8.48. The van der Waals surface area contributed by atoms with Gasteiger partial charge in [-0.05, 0) is 24.0 Å². The van der Waals surface area contributed by atoms with Crippen molar-refractivity contribution in [3.8, 4) is 0 Å². The summed E-state index contributed by atoms with van der Waals surface area (Å²) in [4.78, 5) is 0. The van der Waals surface area contributed by atoms with Gasteiger partial charge < -0.3 is 5.32 Å². The molecule has 110 valence electrons. The van der Waals surface area contributed by atoms with Gasteiger partial charge in [0.1, 0.15) is 0 Å². The quantitative estimate of drug-likeness (QED) is 0.745. The molecule has 0 atom stereocenters. The third-order valence-corrected chi connectivity index (χ3v) is 5.20. The number of benzene rings is 1. The van der Waals surface area contributed by atoms with E-state index in [1.54, 1.807) is 13.1 Å². The number of hydrogen-bond donors (Lipinski definition) is 1. The molecule has 0 saturated heterocycles. The average Bonchev–Trinajstić information content (AvgIpc) is 3.22. The number of hydrogen-bond acceptors (Lipinski definition) is 3. The van der Waals surface area contributed by atoms with E-state index in [4.69, 9.17) is 0 Å². The summed E-state index contributed by atoms with van der Waals surface area (Å²) < 4.78 is 25.4. The summed E-state index contributed by atoms with van der Waals surface area (Å²) in [7, 11) is -1.68. The molecule has 0 heterocycles. The molecular weight excluding hydrogens is 272 g/mol. The second kappa shape index (κ2) is 6.52. The van der Waals surface area contributed by atoms with E-state index in [0.29, 0.717) is 12.6 Å². The van der Waals surface area contributed by atoms with Crippen molar-refractivity contribution in [3.63, 3.8) is 0 Å². The van der Waals surface area contributed by atoms with Gasteiger partial charge in [0.2, 0.25) is 10.0 Å². The lowest BCUT2D eigenvalue weighted by Gasteiger charge is -2.15. The molecular formula is C15H22N2O2S. The van der Waals surface area contributed by atoms with Crippen LogP contribution >= 0.6 is 0 Å². The van der Waals surface area contributed by atoms with Crippen LogP contribution in [0.3, 0.4) is 0 Å². The maximum atomic E-state index is 12.1. The predicted octanol–water partition coefficient (Wildman–Crippen LogP) is 1.89. The van der Waals surface area contributed by atoms with Crippen LogP contribution in [0.1, 0.15) is 24.0 Å². The van der Waals surface area contributed by atoms with E-state index in [-0.39, 0.29) is 5.75 Å². The van der Waals surface area contributed by atoms with E-state index >= 15 is 0 Å². The molecule has 2 rings (SSSR count). The van der Waals surface area contributed by atoms with Gasteiger partial charge in [0.15, 0.2) is 0 Å². The molecule has 1 aromatic carbocycles. The van der Waals surface area contributed by atoms with Crippen molar-refractivity contribution in [2.75, 3.05) is 13.6 Å². The maximum absolute atomic E-state index is 12.1. The highest BCUT2D eigenvalue weighted by atomic mass is 32.2. The third kappa shape index (κ3) is 4.44. The zero-order valence-electron chi connectivity index (χ0n) is 11.9. The van der Waals surface area contributed by atoms with Crippen LogP contribution in [0.5, 0.6) is 0 Å². The van der Waals surface area contributed by atoms with Crippen LogP contribution in [0, 0.1) is 0 Å². The fourth-order valence-corrected chi connectivity index (χ4v) is 3.09. The standard InChI is InChI=1S/C15H22N2O2S/c1-3-10-17(2)20(18,19)12-14-6-4-13(5-7-14)11-16-15-8-9-15/h3-7,15-16H,1,8-12H2,2H3. The van der Waals surface area contributed by atoms with Gasteiger partial charge in [-0.1, -0.05) is 30.3 Å². The van der Waals surface area contributed by atoms with Gasteiger partial charge in [0.25, 0.3) is 0 Å². The van der Waals surface area contributed by atoms with Gasteiger partial charge in [0, 0.05) is 26.2 Å². The molecule has 20 heavy (non-hydrogen) atoms. The average molecular weight is 294 g/mol. The third-order valence-electron chi connectivity index (χ3n) is 3.41. The first-order valence-electron chi connectivity index (χ1n) is 6.87. The molecule has 0 aromatic heterocycles. The second-order valence-corrected chi connectivity index (χ2v) is 7.37. The smallest absolute Gasteiger partial charge is 0.218 e. The molecule has 1 fully saturated rings. The van der Waals surface area contributed by atoms with E-state index in [1.165, 1.54) is 22.7 Å². The Labute approximate surface area is 121 Å². The van der Waals surface area contributed by atoms with Gasteiger partial charge in [0.05, 0.1) is 5.75 Å². The Morgan fingerprint density at radius 2 is 1.90 bits per heavy atom. The summed E-state index contributed by atoms with van der Waals surface area (Å²) in [5.74, 6) is 0.0354. The highest BCUT2D eigenvalue weighted by Gasteiger charge is 2.20. The van der Waals surface area contributed by atoms with Crippen molar-refractivity contribution in [2.24, 2.45) is 0 Å². The number of sulfonamides is 1. The maximum Gasteiger partial charge on any atom is 0.218 e. The zero-order chi connectivity index (χ0) is 14.6. The van der Waals surface area contributed by atoms with Crippen molar-refractivity contribution >= 4 is 10.0 Å². The molecule has 1 saturated carbocycles. The van der Waals surface area contributed by atoms with Crippen molar-refractivity contribution in [1.29, 1.82) is 0 Å². The Morgan fingerprint density at radius 3 is 2.45 bits per heavy atom. The summed E-state index contributed by atoms with van der Waals surface area (Å²) >= 11 is 0. The normalized spacial score (nSPS) is 15.5. The highest BCUT2D eigenvalue weighted by Crippen LogP contribution is 2.19. The number of nitrogens with zero attached hydrogens (tertiary/aromatic N) is 1. The van der Waals surface area contributed by atoms with E-state index in [9.17, 15) is 8.42 Å². The fraction of sp³-hybridized carbons (Fsp3) is 0.467. The van der Waals surface area contributed by atoms with E-state index in [0.717, 1.165) is 12.1 Å². The molecule has 0 aliphatic heterocycles. The lowest BCUT2D eigenvalue weighted by atomic mass is 10.1. The number of nitrogens with one attached hydrogen (secondary N) is 1. The van der Waals surface area contributed by atoms with Crippen molar-refractivity contribution in [3.05, 3.63) is 48.0 Å². The first-order chi connectivity index (χ1) is 9.51. The minimum atomic E-state index is -3.26. The summed E-state index contributed by atoms with van der Waals surface area (Å²) in [5, 5.41) is 3.44. The van der Waals surface area contributed by atoms with Gasteiger partial charge in [-0.3, -0.25) is 0 Å². The summed E-state index contributed by atoms with van der Waals surface area (Å²) in [5.41, 5.74) is 2.01. The van der Waals surface area contributed by atoms with E-state index < -0.39 is 10.0 Å². The first kappa shape index (κ1) is 15.2. The molecule has 0 unspecified atom stereocenters. The SMILES string of the molecule is C=CCN(C)S(=O)(=O)Cc1ccc(CNC2CC2)cc1. The molecule has 1 aliphatic rings.